The van der Waals surface area contributed by atoms with Gasteiger partial charge in [0, 0.05) is 26.8 Å². The maximum atomic E-state index is 10.6. The van der Waals surface area contributed by atoms with Gasteiger partial charge in [-0.15, -0.1) is 0 Å². The second kappa shape index (κ2) is 8.47. The Labute approximate surface area is 121 Å². The summed E-state index contributed by atoms with van der Waals surface area (Å²) in [4.78, 5) is 14.0. The summed E-state index contributed by atoms with van der Waals surface area (Å²) in [6.07, 6.45) is 2.35. The summed E-state index contributed by atoms with van der Waals surface area (Å²) in [7, 11) is 2.99. The number of hydrogen-bond donors (Lipinski definition) is 1. The zero-order chi connectivity index (χ0) is 15.0. The van der Waals surface area contributed by atoms with E-state index < -0.39 is 11.2 Å². The molecule has 0 aliphatic carbocycles. The summed E-state index contributed by atoms with van der Waals surface area (Å²) >= 11 is 5.69. The Morgan fingerprint density at radius 3 is 2.75 bits per heavy atom. The lowest BCUT2D eigenvalue weighted by molar-refractivity contribution is -0.403. The van der Waals surface area contributed by atoms with Gasteiger partial charge in [0.15, 0.2) is 6.29 Å². The molecule has 110 valence electrons. The van der Waals surface area contributed by atoms with Crippen LogP contribution in [0, 0.1) is 10.1 Å². The van der Waals surface area contributed by atoms with Crippen molar-refractivity contribution >= 4 is 11.6 Å². The van der Waals surface area contributed by atoms with Crippen LogP contribution in [0.1, 0.15) is 5.56 Å². The van der Waals surface area contributed by atoms with Crippen LogP contribution in [0.25, 0.3) is 0 Å². The van der Waals surface area contributed by atoms with E-state index in [1.165, 1.54) is 14.2 Å². The van der Waals surface area contributed by atoms with E-state index in [0.717, 1.165) is 11.8 Å². The number of nitrogens with one attached hydrogen (secondary N) is 1. The number of nitrogens with zero attached hydrogens (tertiary/aromatic N) is 2. The fraction of sp³-hybridized carbons (Fsp3) is 0.417. The highest BCUT2D eigenvalue weighted by Crippen LogP contribution is 2.09. The van der Waals surface area contributed by atoms with Crippen LogP contribution >= 0.6 is 11.6 Å². The topological polar surface area (TPSA) is 86.5 Å². The van der Waals surface area contributed by atoms with Gasteiger partial charge in [-0.05, 0) is 11.6 Å². The van der Waals surface area contributed by atoms with Crippen molar-refractivity contribution in [3.63, 3.8) is 0 Å². The maximum absolute atomic E-state index is 10.6. The van der Waals surface area contributed by atoms with Crippen LogP contribution in [0.3, 0.4) is 0 Å². The summed E-state index contributed by atoms with van der Waals surface area (Å²) in [5, 5.41) is 13.9. The smallest absolute Gasteiger partial charge is 0.253 e. The molecule has 0 unspecified atom stereocenters. The molecule has 0 aliphatic rings. The Morgan fingerprint density at radius 2 is 2.25 bits per heavy atom. The first-order valence-corrected chi connectivity index (χ1v) is 6.17. The second-order valence-corrected chi connectivity index (χ2v) is 4.27. The van der Waals surface area contributed by atoms with Crippen LogP contribution < -0.4 is 5.32 Å². The third-order valence-electron chi connectivity index (χ3n) is 2.47. The molecule has 0 spiro atoms. The molecule has 0 aliphatic heterocycles. The summed E-state index contributed by atoms with van der Waals surface area (Å²) < 4.78 is 10.0. The van der Waals surface area contributed by atoms with Gasteiger partial charge in [0.1, 0.15) is 5.15 Å². The molecule has 1 aromatic heterocycles. The van der Waals surface area contributed by atoms with E-state index >= 15 is 0 Å². The fourth-order valence-electron chi connectivity index (χ4n) is 1.49. The summed E-state index contributed by atoms with van der Waals surface area (Å²) in [5.74, 6) is 0. The van der Waals surface area contributed by atoms with E-state index in [1.807, 2.05) is 0 Å². The number of rotatable bonds is 8. The Bertz CT molecular complexity index is 460. The molecule has 1 rings (SSSR count). The molecule has 7 nitrogen and oxygen atoms in total. The Kier molecular flexibility index (Phi) is 6.92. The van der Waals surface area contributed by atoms with Crippen molar-refractivity contribution in [3.8, 4) is 0 Å². The zero-order valence-corrected chi connectivity index (χ0v) is 12.0. The number of nitro groups is 1. The minimum atomic E-state index is -0.514. The number of allylic oxidation sites excluding steroid dienone is 1. The average molecular weight is 302 g/mol. The van der Waals surface area contributed by atoms with E-state index in [2.05, 4.69) is 10.3 Å². The predicted octanol–water partition coefficient (Wildman–Crippen LogP) is 1.60. The standard InChI is InChI=1S/C12H16ClN3O4/c1-19-12(20-2)7-14-10(8-16(17)18)5-9-3-4-11(13)15-6-9/h3-4,6,8,12,14H,5,7H2,1-2H3. The van der Waals surface area contributed by atoms with E-state index in [-0.39, 0.29) is 0 Å². The van der Waals surface area contributed by atoms with Crippen LogP contribution in [0.5, 0.6) is 0 Å². The molecule has 0 atom stereocenters. The molecule has 0 amide bonds. The summed E-state index contributed by atoms with van der Waals surface area (Å²) in [5.41, 5.74) is 1.24. The molecule has 0 bridgehead atoms. The molecular formula is C12H16ClN3O4. The Balaban J connectivity index is 2.70. The molecule has 0 saturated carbocycles. The monoisotopic (exact) mass is 301 g/mol. The molecule has 1 aromatic rings. The third kappa shape index (κ3) is 5.96. The van der Waals surface area contributed by atoms with Gasteiger partial charge < -0.3 is 14.8 Å². The highest BCUT2D eigenvalue weighted by molar-refractivity contribution is 6.29. The SMILES string of the molecule is COC(CNC(=C[N+](=O)[O-])Cc1ccc(Cl)nc1)OC. The second-order valence-electron chi connectivity index (χ2n) is 3.89. The molecule has 8 heteroatoms. The first kappa shape index (κ1) is 16.4. The lowest BCUT2D eigenvalue weighted by atomic mass is 10.1. The van der Waals surface area contributed by atoms with Gasteiger partial charge in [-0.3, -0.25) is 10.1 Å². The maximum Gasteiger partial charge on any atom is 0.253 e. The zero-order valence-electron chi connectivity index (χ0n) is 11.2. The first-order valence-electron chi connectivity index (χ1n) is 5.79. The summed E-state index contributed by atoms with van der Waals surface area (Å²) in [6, 6.07) is 3.39. The van der Waals surface area contributed by atoms with Crippen molar-refractivity contribution < 1.29 is 14.4 Å². The molecule has 1 N–H and O–H groups in total. The average Bonchev–Trinajstić information content (AvgIpc) is 2.41. The third-order valence-corrected chi connectivity index (χ3v) is 2.69. The van der Waals surface area contributed by atoms with Gasteiger partial charge in [0.2, 0.25) is 0 Å². The van der Waals surface area contributed by atoms with E-state index in [1.54, 1.807) is 18.3 Å². The van der Waals surface area contributed by atoms with Gasteiger partial charge in [0.05, 0.1) is 17.2 Å². The number of ether oxygens (including phenoxy) is 2. The molecular weight excluding hydrogens is 286 g/mol. The molecule has 0 radical (unpaired) electrons. The molecule has 0 saturated heterocycles. The number of hydrogen-bond acceptors (Lipinski definition) is 6. The van der Waals surface area contributed by atoms with E-state index in [0.29, 0.717) is 23.8 Å². The van der Waals surface area contributed by atoms with Gasteiger partial charge in [-0.1, -0.05) is 17.7 Å². The number of aromatic nitrogens is 1. The van der Waals surface area contributed by atoms with E-state index in [4.69, 9.17) is 21.1 Å². The van der Waals surface area contributed by atoms with Gasteiger partial charge in [-0.25, -0.2) is 4.98 Å². The highest BCUT2D eigenvalue weighted by Gasteiger charge is 2.09. The lowest BCUT2D eigenvalue weighted by Crippen LogP contribution is -2.30. The van der Waals surface area contributed by atoms with Crippen molar-refractivity contribution in [2.24, 2.45) is 0 Å². The first-order chi connectivity index (χ1) is 9.55. The number of pyridine rings is 1. The molecule has 1 heterocycles. The Hall–Kier alpha value is -1.70. The van der Waals surface area contributed by atoms with Crippen molar-refractivity contribution in [1.29, 1.82) is 0 Å². The van der Waals surface area contributed by atoms with Crippen LogP contribution in [0.2, 0.25) is 5.15 Å². The van der Waals surface area contributed by atoms with Crippen molar-refractivity contribution in [3.05, 3.63) is 51.1 Å². The molecule has 0 fully saturated rings. The largest absolute Gasteiger partial charge is 0.378 e. The van der Waals surface area contributed by atoms with Crippen LogP contribution in [0.4, 0.5) is 0 Å². The summed E-state index contributed by atoms with van der Waals surface area (Å²) in [6.45, 7) is 0.299. The van der Waals surface area contributed by atoms with Crippen molar-refractivity contribution in [2.75, 3.05) is 20.8 Å². The van der Waals surface area contributed by atoms with E-state index in [9.17, 15) is 10.1 Å². The van der Waals surface area contributed by atoms with Crippen LogP contribution in [0.15, 0.2) is 30.2 Å². The minimum absolute atomic E-state index is 0.299. The predicted molar refractivity (Wildman–Crippen MR) is 73.8 cm³/mol. The highest BCUT2D eigenvalue weighted by atomic mass is 35.5. The minimum Gasteiger partial charge on any atom is -0.378 e. The fourth-order valence-corrected chi connectivity index (χ4v) is 1.60. The molecule has 20 heavy (non-hydrogen) atoms. The van der Waals surface area contributed by atoms with Gasteiger partial charge in [0.25, 0.3) is 6.20 Å². The van der Waals surface area contributed by atoms with Crippen molar-refractivity contribution in [1.82, 2.24) is 10.3 Å². The van der Waals surface area contributed by atoms with Crippen molar-refractivity contribution in [2.45, 2.75) is 12.7 Å². The number of halogens is 1. The normalized spacial score (nSPS) is 11.7. The van der Waals surface area contributed by atoms with Crippen LogP contribution in [-0.2, 0) is 15.9 Å². The lowest BCUT2D eigenvalue weighted by Gasteiger charge is -2.15. The Morgan fingerprint density at radius 1 is 1.55 bits per heavy atom. The van der Waals surface area contributed by atoms with Crippen LogP contribution in [-0.4, -0.2) is 37.0 Å². The van der Waals surface area contributed by atoms with Gasteiger partial charge >= 0.3 is 0 Å². The quantitative estimate of drug-likeness (QED) is 0.340. The number of methoxy groups -OCH3 is 2. The van der Waals surface area contributed by atoms with Gasteiger partial charge in [-0.2, -0.15) is 0 Å². The molecule has 0 aromatic carbocycles.